The molecule has 0 amide bonds. The molecule has 4 rings (SSSR count). The van der Waals surface area contributed by atoms with Crippen LogP contribution in [0.3, 0.4) is 0 Å². The van der Waals surface area contributed by atoms with E-state index >= 15 is 0 Å². The van der Waals surface area contributed by atoms with Crippen LogP contribution in [0.15, 0.2) is 36.7 Å². The van der Waals surface area contributed by atoms with E-state index in [1.165, 1.54) is 4.68 Å². The summed E-state index contributed by atoms with van der Waals surface area (Å²) in [5.74, 6) is 1.45. The Bertz CT molecular complexity index is 840. The average Bonchev–Trinajstić information content (AvgIpc) is 3.24. The number of nitrogens with zero attached hydrogens (tertiary/aromatic N) is 6. The van der Waals surface area contributed by atoms with Gasteiger partial charge in [-0.05, 0) is 23.8 Å². The predicted molar refractivity (Wildman–Crippen MR) is 85.5 cm³/mol. The number of aromatic nitrogens is 5. The van der Waals surface area contributed by atoms with Gasteiger partial charge in [0.1, 0.15) is 23.2 Å². The molecule has 0 saturated carbocycles. The molecule has 0 saturated heterocycles. The van der Waals surface area contributed by atoms with Crippen LogP contribution in [-0.2, 0) is 26.2 Å². The highest BCUT2D eigenvalue weighted by molar-refractivity contribution is 5.35. The molecule has 2 N–H and O–H groups in total. The fourth-order valence-electron chi connectivity index (χ4n) is 3.06. The second-order valence-electron chi connectivity index (χ2n) is 5.84. The summed E-state index contributed by atoms with van der Waals surface area (Å²) >= 11 is 0. The zero-order valence-corrected chi connectivity index (χ0v) is 13.1. The van der Waals surface area contributed by atoms with Crippen molar-refractivity contribution in [3.8, 4) is 5.69 Å². The molecule has 24 heavy (non-hydrogen) atoms. The third kappa shape index (κ3) is 2.70. The van der Waals surface area contributed by atoms with Gasteiger partial charge in [-0.15, -0.1) is 10.2 Å². The summed E-state index contributed by atoms with van der Waals surface area (Å²) in [7, 11) is 0. The molecule has 0 radical (unpaired) electrons. The van der Waals surface area contributed by atoms with Gasteiger partial charge in [-0.25, -0.2) is 9.07 Å². The highest BCUT2D eigenvalue weighted by Crippen LogP contribution is 2.18. The van der Waals surface area contributed by atoms with Crippen LogP contribution in [0.4, 0.5) is 4.39 Å². The molecule has 3 heterocycles. The Morgan fingerprint density at radius 3 is 2.88 bits per heavy atom. The van der Waals surface area contributed by atoms with E-state index in [9.17, 15) is 4.39 Å². The smallest absolute Gasteiger partial charge is 0.149 e. The number of nitrogens with two attached hydrogens (primary N) is 1. The highest BCUT2D eigenvalue weighted by atomic mass is 19.1. The second-order valence-corrected chi connectivity index (χ2v) is 5.84. The van der Waals surface area contributed by atoms with E-state index in [0.29, 0.717) is 25.3 Å². The van der Waals surface area contributed by atoms with E-state index in [1.807, 2.05) is 6.07 Å². The predicted octanol–water partition coefficient (Wildman–Crippen LogP) is 1.08. The largest absolute Gasteiger partial charge is 0.324 e. The van der Waals surface area contributed by atoms with E-state index in [-0.39, 0.29) is 5.82 Å². The van der Waals surface area contributed by atoms with E-state index in [4.69, 9.17) is 5.73 Å². The van der Waals surface area contributed by atoms with Gasteiger partial charge in [0.05, 0.1) is 13.1 Å². The Hall–Kier alpha value is -2.58. The Morgan fingerprint density at radius 1 is 1.21 bits per heavy atom. The first-order valence-electron chi connectivity index (χ1n) is 7.86. The molecule has 124 valence electrons. The zero-order chi connectivity index (χ0) is 16.5. The molecule has 0 aliphatic carbocycles. The standard InChI is InChI=1S/C16H18FN7/c17-13-8-12(2-3-14(13)24-5-1-4-19-24)10-22-6-7-23-15(9-18)20-21-16(23)11-22/h1-5,8H,6-7,9-11,18H2. The number of benzene rings is 1. The quantitative estimate of drug-likeness (QED) is 0.776. The van der Waals surface area contributed by atoms with Gasteiger partial charge in [0, 0.05) is 32.0 Å². The molecular weight excluding hydrogens is 309 g/mol. The molecule has 0 spiro atoms. The number of hydrogen-bond acceptors (Lipinski definition) is 5. The van der Waals surface area contributed by atoms with Crippen molar-refractivity contribution in [2.75, 3.05) is 6.54 Å². The summed E-state index contributed by atoms with van der Waals surface area (Å²) in [5.41, 5.74) is 7.04. The number of halogens is 1. The maximum absolute atomic E-state index is 14.3. The molecule has 2 aromatic heterocycles. The average molecular weight is 327 g/mol. The maximum atomic E-state index is 14.3. The van der Waals surface area contributed by atoms with Crippen LogP contribution in [-0.4, -0.2) is 36.0 Å². The van der Waals surface area contributed by atoms with Gasteiger partial charge in [0.15, 0.2) is 0 Å². The Morgan fingerprint density at radius 2 is 2.12 bits per heavy atom. The summed E-state index contributed by atoms with van der Waals surface area (Å²) in [5, 5.41) is 12.4. The molecule has 1 aliphatic heterocycles. The molecule has 8 heteroatoms. The number of hydrogen-bond donors (Lipinski definition) is 1. The van der Waals surface area contributed by atoms with Gasteiger partial charge in [0.2, 0.25) is 0 Å². The van der Waals surface area contributed by atoms with Crippen molar-refractivity contribution < 1.29 is 4.39 Å². The van der Waals surface area contributed by atoms with E-state index in [1.54, 1.807) is 30.6 Å². The van der Waals surface area contributed by atoms with Gasteiger partial charge in [0.25, 0.3) is 0 Å². The second kappa shape index (κ2) is 6.14. The fourth-order valence-corrected chi connectivity index (χ4v) is 3.06. The minimum absolute atomic E-state index is 0.276. The van der Waals surface area contributed by atoms with E-state index in [0.717, 1.165) is 30.3 Å². The van der Waals surface area contributed by atoms with Gasteiger partial charge in [-0.1, -0.05) is 6.07 Å². The molecule has 0 bridgehead atoms. The Labute approximate surface area is 138 Å². The highest BCUT2D eigenvalue weighted by Gasteiger charge is 2.20. The van der Waals surface area contributed by atoms with Crippen molar-refractivity contribution in [2.24, 2.45) is 5.73 Å². The fraction of sp³-hybridized carbons (Fsp3) is 0.312. The lowest BCUT2D eigenvalue weighted by Crippen LogP contribution is -2.34. The Kier molecular flexibility index (Phi) is 3.83. The van der Waals surface area contributed by atoms with Gasteiger partial charge in [-0.3, -0.25) is 4.90 Å². The SMILES string of the molecule is NCc1nnc2n1CCN(Cc1ccc(-n3cccn3)c(F)c1)C2. The van der Waals surface area contributed by atoms with E-state index < -0.39 is 0 Å². The first-order chi connectivity index (χ1) is 11.7. The van der Waals surface area contributed by atoms with Crippen LogP contribution < -0.4 is 5.73 Å². The molecule has 0 atom stereocenters. The van der Waals surface area contributed by atoms with Crippen molar-refractivity contribution >= 4 is 0 Å². The number of rotatable bonds is 4. The third-order valence-corrected chi connectivity index (χ3v) is 4.26. The zero-order valence-electron chi connectivity index (χ0n) is 13.1. The number of fused-ring (bicyclic) bond motifs is 1. The van der Waals surface area contributed by atoms with Crippen LogP contribution in [0, 0.1) is 5.82 Å². The summed E-state index contributed by atoms with van der Waals surface area (Å²) in [4.78, 5) is 2.23. The monoisotopic (exact) mass is 327 g/mol. The maximum Gasteiger partial charge on any atom is 0.149 e. The van der Waals surface area contributed by atoms with Gasteiger partial charge < -0.3 is 10.3 Å². The van der Waals surface area contributed by atoms with Gasteiger partial charge in [-0.2, -0.15) is 5.10 Å². The van der Waals surface area contributed by atoms with Crippen molar-refractivity contribution in [2.45, 2.75) is 26.2 Å². The summed E-state index contributed by atoms with van der Waals surface area (Å²) < 4.78 is 17.9. The Balaban J connectivity index is 1.49. The lowest BCUT2D eigenvalue weighted by Gasteiger charge is -2.27. The lowest BCUT2D eigenvalue weighted by molar-refractivity contribution is 0.207. The van der Waals surface area contributed by atoms with Crippen molar-refractivity contribution in [1.82, 2.24) is 29.4 Å². The molecule has 1 aromatic carbocycles. The summed E-state index contributed by atoms with van der Waals surface area (Å²) in [6, 6.07) is 7.04. The first kappa shape index (κ1) is 15.0. The molecule has 7 nitrogen and oxygen atoms in total. The summed E-state index contributed by atoms with van der Waals surface area (Å²) in [6.45, 7) is 3.42. The van der Waals surface area contributed by atoms with Crippen molar-refractivity contribution in [3.05, 3.63) is 59.7 Å². The normalized spacial score (nSPS) is 14.8. The first-order valence-corrected chi connectivity index (χ1v) is 7.86. The topological polar surface area (TPSA) is 77.8 Å². The van der Waals surface area contributed by atoms with Crippen LogP contribution in [0.2, 0.25) is 0 Å². The molecular formula is C16H18FN7. The summed E-state index contributed by atoms with van der Waals surface area (Å²) in [6.07, 6.45) is 3.36. The van der Waals surface area contributed by atoms with Crippen LogP contribution in [0.5, 0.6) is 0 Å². The van der Waals surface area contributed by atoms with Crippen LogP contribution in [0.1, 0.15) is 17.2 Å². The van der Waals surface area contributed by atoms with Crippen molar-refractivity contribution in [1.29, 1.82) is 0 Å². The molecule has 0 fully saturated rings. The third-order valence-electron chi connectivity index (χ3n) is 4.26. The molecule has 3 aromatic rings. The molecule has 0 unspecified atom stereocenters. The minimum atomic E-state index is -0.276. The van der Waals surface area contributed by atoms with Crippen LogP contribution >= 0.6 is 0 Å². The lowest BCUT2D eigenvalue weighted by atomic mass is 10.1. The van der Waals surface area contributed by atoms with Crippen LogP contribution in [0.25, 0.3) is 5.69 Å². The van der Waals surface area contributed by atoms with Gasteiger partial charge >= 0.3 is 0 Å². The van der Waals surface area contributed by atoms with E-state index in [2.05, 4.69) is 24.8 Å². The van der Waals surface area contributed by atoms with Crippen molar-refractivity contribution in [3.63, 3.8) is 0 Å². The molecule has 1 aliphatic rings. The minimum Gasteiger partial charge on any atom is -0.324 e.